The number of anilines is 1. The normalized spacial score (nSPS) is 10.9. The number of rotatable bonds is 7. The molecular weight excluding hydrogens is 478 g/mol. The van der Waals surface area contributed by atoms with E-state index in [0.29, 0.717) is 33.6 Å². The van der Waals surface area contributed by atoms with E-state index >= 15 is 0 Å². The number of nitrogens with one attached hydrogen (secondary N) is 3. The number of halogens is 1. The third-order valence-corrected chi connectivity index (χ3v) is 4.87. The van der Waals surface area contributed by atoms with Crippen molar-refractivity contribution in [2.75, 3.05) is 11.9 Å². The Bertz CT molecular complexity index is 957. The molecule has 6 nitrogen and oxygen atoms in total. The van der Waals surface area contributed by atoms with E-state index < -0.39 is 0 Å². The van der Waals surface area contributed by atoms with Gasteiger partial charge in [-0.05, 0) is 91.7 Å². The zero-order valence-corrected chi connectivity index (χ0v) is 20.6. The Morgan fingerprint density at radius 3 is 2.42 bits per heavy atom. The van der Waals surface area contributed by atoms with Crippen LogP contribution in [-0.4, -0.2) is 29.1 Å². The van der Waals surface area contributed by atoms with Crippen LogP contribution < -0.4 is 20.7 Å². The van der Waals surface area contributed by atoms with Crippen molar-refractivity contribution in [3.63, 3.8) is 0 Å². The minimum atomic E-state index is -0.347. The van der Waals surface area contributed by atoms with Gasteiger partial charge >= 0.3 is 0 Å². The number of thiocarbonyl (C=S) groups is 1. The number of amides is 2. The second kappa shape index (κ2) is 11.2. The largest absolute Gasteiger partial charge is 0.492 e. The molecule has 2 rings (SSSR count). The molecule has 2 aromatic carbocycles. The molecule has 0 aliphatic heterocycles. The molecule has 0 bridgehead atoms. The number of ether oxygens (including phenoxy) is 1. The van der Waals surface area contributed by atoms with Gasteiger partial charge in [0.2, 0.25) is 0 Å². The van der Waals surface area contributed by atoms with E-state index in [1.54, 1.807) is 42.5 Å². The van der Waals surface area contributed by atoms with Crippen LogP contribution in [0.3, 0.4) is 0 Å². The molecule has 166 valence electrons. The molecule has 3 N–H and O–H groups in total. The third-order valence-electron chi connectivity index (χ3n) is 4.05. The summed E-state index contributed by atoms with van der Waals surface area (Å²) in [4.78, 5) is 24.9. The lowest BCUT2D eigenvalue weighted by Crippen LogP contribution is -2.40. The van der Waals surface area contributed by atoms with Crippen LogP contribution in [0.1, 0.15) is 61.3 Å². The van der Waals surface area contributed by atoms with Gasteiger partial charge in [-0.3, -0.25) is 14.9 Å². The van der Waals surface area contributed by atoms with Gasteiger partial charge in [0, 0.05) is 22.4 Å². The predicted molar refractivity (Wildman–Crippen MR) is 132 cm³/mol. The van der Waals surface area contributed by atoms with Crippen molar-refractivity contribution in [2.45, 2.75) is 46.1 Å². The van der Waals surface area contributed by atoms with E-state index in [2.05, 4.69) is 38.8 Å². The van der Waals surface area contributed by atoms with Crippen LogP contribution >= 0.6 is 28.1 Å². The van der Waals surface area contributed by atoms with Gasteiger partial charge in [-0.15, -0.1) is 0 Å². The fraction of sp³-hybridized carbons (Fsp3) is 0.348. The number of carbonyl (C=O) groups is 2. The molecule has 0 fully saturated rings. The average molecular weight is 506 g/mol. The number of carbonyl (C=O) groups excluding carboxylic acids is 2. The van der Waals surface area contributed by atoms with Crippen LogP contribution in [0.4, 0.5) is 5.69 Å². The monoisotopic (exact) mass is 505 g/mol. The third kappa shape index (κ3) is 8.30. The number of unbranched alkanes of at least 4 members (excludes halogenated alkanes) is 1. The zero-order valence-electron chi connectivity index (χ0n) is 18.2. The number of hydrogen-bond donors (Lipinski definition) is 3. The topological polar surface area (TPSA) is 79.5 Å². The standard InChI is InChI=1S/C23H28BrN3O3S/c1-5-6-12-30-19-11-10-16(14-18(19)24)20(28)26-22(31)25-17-9-7-8-15(13-17)21(29)27-23(2,3)4/h7-11,13-14H,5-6,12H2,1-4H3,(H,27,29)(H2,25,26,28,31). The minimum absolute atomic E-state index is 0.137. The second-order valence-electron chi connectivity index (χ2n) is 8.04. The smallest absolute Gasteiger partial charge is 0.257 e. The molecule has 31 heavy (non-hydrogen) atoms. The summed E-state index contributed by atoms with van der Waals surface area (Å²) in [6.07, 6.45) is 2.01. The summed E-state index contributed by atoms with van der Waals surface area (Å²) in [5.74, 6) is 0.160. The molecule has 8 heteroatoms. The fourth-order valence-corrected chi connectivity index (χ4v) is 3.28. The van der Waals surface area contributed by atoms with Crippen molar-refractivity contribution in [1.29, 1.82) is 0 Å². The lowest BCUT2D eigenvalue weighted by Gasteiger charge is -2.20. The van der Waals surface area contributed by atoms with Crippen molar-refractivity contribution in [3.8, 4) is 5.75 Å². The van der Waals surface area contributed by atoms with Gasteiger partial charge in [0.05, 0.1) is 11.1 Å². The van der Waals surface area contributed by atoms with Crippen LogP contribution in [-0.2, 0) is 0 Å². The number of benzene rings is 2. The molecule has 0 unspecified atom stereocenters. The van der Waals surface area contributed by atoms with Gasteiger partial charge in [0.25, 0.3) is 11.8 Å². The van der Waals surface area contributed by atoms with Crippen molar-refractivity contribution in [3.05, 3.63) is 58.1 Å². The zero-order chi connectivity index (χ0) is 23.0. The van der Waals surface area contributed by atoms with Crippen molar-refractivity contribution >= 4 is 50.8 Å². The van der Waals surface area contributed by atoms with Crippen LogP contribution in [0.25, 0.3) is 0 Å². The highest BCUT2D eigenvalue weighted by Gasteiger charge is 2.16. The Morgan fingerprint density at radius 2 is 1.77 bits per heavy atom. The van der Waals surface area contributed by atoms with Gasteiger partial charge in [-0.25, -0.2) is 0 Å². The highest BCUT2D eigenvalue weighted by molar-refractivity contribution is 9.10. The quantitative estimate of drug-likeness (QED) is 0.352. The van der Waals surface area contributed by atoms with Crippen molar-refractivity contribution in [1.82, 2.24) is 10.6 Å². The van der Waals surface area contributed by atoms with E-state index in [4.69, 9.17) is 17.0 Å². The number of hydrogen-bond acceptors (Lipinski definition) is 4. The first-order valence-electron chi connectivity index (χ1n) is 10.1. The average Bonchev–Trinajstić information content (AvgIpc) is 2.68. The highest BCUT2D eigenvalue weighted by Crippen LogP contribution is 2.26. The summed E-state index contributed by atoms with van der Waals surface area (Å²) in [5.41, 5.74) is 1.20. The van der Waals surface area contributed by atoms with Gasteiger partial charge in [-0.2, -0.15) is 0 Å². The molecule has 2 aromatic rings. The maximum absolute atomic E-state index is 12.5. The molecule has 0 radical (unpaired) electrons. The summed E-state index contributed by atoms with van der Waals surface area (Å²) >= 11 is 8.70. The van der Waals surface area contributed by atoms with Gasteiger partial charge < -0.3 is 15.4 Å². The summed E-state index contributed by atoms with van der Waals surface area (Å²) in [6.45, 7) is 8.47. The SMILES string of the molecule is CCCCOc1ccc(C(=O)NC(=S)Nc2cccc(C(=O)NC(C)(C)C)c2)cc1Br. The maximum Gasteiger partial charge on any atom is 0.257 e. The van der Waals surface area contributed by atoms with E-state index in [1.165, 1.54) is 0 Å². The van der Waals surface area contributed by atoms with E-state index in [9.17, 15) is 9.59 Å². The molecule has 0 saturated carbocycles. The van der Waals surface area contributed by atoms with E-state index in [1.807, 2.05) is 20.8 Å². The predicted octanol–water partition coefficient (Wildman–Crippen LogP) is 5.28. The summed E-state index contributed by atoms with van der Waals surface area (Å²) < 4.78 is 6.38. The van der Waals surface area contributed by atoms with Gasteiger partial charge in [0.15, 0.2) is 5.11 Å². The van der Waals surface area contributed by atoms with Crippen LogP contribution in [0.5, 0.6) is 5.75 Å². The Morgan fingerprint density at radius 1 is 1.06 bits per heavy atom. The second-order valence-corrected chi connectivity index (χ2v) is 9.30. The Hall–Kier alpha value is -2.45. The Kier molecular flexibility index (Phi) is 9.00. The molecular formula is C23H28BrN3O3S. The van der Waals surface area contributed by atoms with Gasteiger partial charge in [-0.1, -0.05) is 19.4 Å². The Labute approximate surface area is 197 Å². The minimum Gasteiger partial charge on any atom is -0.492 e. The maximum atomic E-state index is 12.5. The van der Waals surface area contributed by atoms with Gasteiger partial charge in [0.1, 0.15) is 5.75 Å². The van der Waals surface area contributed by atoms with E-state index in [-0.39, 0.29) is 22.5 Å². The lowest BCUT2D eigenvalue weighted by molar-refractivity contribution is 0.0918. The first-order chi connectivity index (χ1) is 14.6. The first-order valence-corrected chi connectivity index (χ1v) is 11.3. The molecule has 0 aliphatic carbocycles. The van der Waals surface area contributed by atoms with Crippen LogP contribution in [0.15, 0.2) is 46.9 Å². The van der Waals surface area contributed by atoms with Crippen molar-refractivity contribution in [2.24, 2.45) is 0 Å². The summed E-state index contributed by atoms with van der Waals surface area (Å²) in [7, 11) is 0. The van der Waals surface area contributed by atoms with E-state index in [0.717, 1.165) is 12.8 Å². The van der Waals surface area contributed by atoms with Crippen molar-refractivity contribution < 1.29 is 14.3 Å². The molecule has 0 aromatic heterocycles. The van der Waals surface area contributed by atoms with Crippen LogP contribution in [0, 0.1) is 0 Å². The highest BCUT2D eigenvalue weighted by atomic mass is 79.9. The first kappa shape index (κ1) is 24.8. The molecule has 0 aliphatic rings. The fourth-order valence-electron chi connectivity index (χ4n) is 2.57. The summed E-state index contributed by atoms with van der Waals surface area (Å²) in [5, 5.41) is 8.64. The molecule has 0 atom stereocenters. The molecule has 0 saturated heterocycles. The summed E-state index contributed by atoms with van der Waals surface area (Å²) in [6, 6.07) is 12.0. The Balaban J connectivity index is 1.98. The molecule has 0 heterocycles. The molecule has 2 amide bonds. The lowest BCUT2D eigenvalue weighted by atomic mass is 10.1. The van der Waals surface area contributed by atoms with Crippen LogP contribution in [0.2, 0.25) is 0 Å². The molecule has 0 spiro atoms.